The summed E-state index contributed by atoms with van der Waals surface area (Å²) in [5, 5.41) is 9.05. The van der Waals surface area contributed by atoms with E-state index in [2.05, 4.69) is 6.92 Å². The Morgan fingerprint density at radius 1 is 1.35 bits per heavy atom. The number of aliphatic hydroxyl groups excluding tert-OH is 1. The van der Waals surface area contributed by atoms with Crippen molar-refractivity contribution in [3.63, 3.8) is 0 Å². The van der Waals surface area contributed by atoms with E-state index in [1.54, 1.807) is 12.1 Å². The summed E-state index contributed by atoms with van der Waals surface area (Å²) in [7, 11) is 0. The number of hydrogen-bond donors (Lipinski definition) is 2. The van der Waals surface area contributed by atoms with Crippen molar-refractivity contribution in [2.24, 2.45) is 5.73 Å². The molecular formula is C13H21FN2O. The van der Waals surface area contributed by atoms with E-state index in [0.717, 1.165) is 13.0 Å². The summed E-state index contributed by atoms with van der Waals surface area (Å²) in [6.45, 7) is 3.78. The molecule has 1 rings (SSSR count). The molecule has 0 saturated carbocycles. The molecule has 0 aliphatic rings. The first-order chi connectivity index (χ1) is 8.24. The molecule has 1 aromatic carbocycles. The first-order valence-electron chi connectivity index (χ1n) is 6.04. The minimum atomic E-state index is -0.234. The molecule has 96 valence electrons. The van der Waals surface area contributed by atoms with Gasteiger partial charge in [-0.25, -0.2) is 4.39 Å². The number of rotatable bonds is 7. The van der Waals surface area contributed by atoms with E-state index in [-0.39, 0.29) is 18.5 Å². The summed E-state index contributed by atoms with van der Waals surface area (Å²) in [5.41, 5.74) is 6.35. The summed E-state index contributed by atoms with van der Waals surface area (Å²) < 4.78 is 13.7. The van der Waals surface area contributed by atoms with Gasteiger partial charge in [0.25, 0.3) is 0 Å². The lowest BCUT2D eigenvalue weighted by Gasteiger charge is -2.30. The van der Waals surface area contributed by atoms with Crippen LogP contribution in [0.1, 0.15) is 24.9 Å². The van der Waals surface area contributed by atoms with Crippen LogP contribution in [-0.4, -0.2) is 36.2 Å². The average molecular weight is 240 g/mol. The van der Waals surface area contributed by atoms with Gasteiger partial charge in [-0.15, -0.1) is 0 Å². The molecule has 0 amide bonds. The third kappa shape index (κ3) is 3.77. The van der Waals surface area contributed by atoms with Crippen molar-refractivity contribution in [1.29, 1.82) is 0 Å². The lowest BCUT2D eigenvalue weighted by atomic mass is 10.0. The molecule has 17 heavy (non-hydrogen) atoms. The predicted octanol–water partition coefficient (Wildman–Crippen LogP) is 1.53. The van der Waals surface area contributed by atoms with Crippen molar-refractivity contribution in [1.82, 2.24) is 4.90 Å². The van der Waals surface area contributed by atoms with Crippen LogP contribution < -0.4 is 5.73 Å². The molecule has 1 atom stereocenters. The molecular weight excluding hydrogens is 219 g/mol. The number of aliphatic hydroxyl groups is 1. The van der Waals surface area contributed by atoms with Crippen LogP contribution >= 0.6 is 0 Å². The molecule has 4 heteroatoms. The van der Waals surface area contributed by atoms with Crippen LogP contribution in [0.3, 0.4) is 0 Å². The van der Waals surface area contributed by atoms with Gasteiger partial charge in [-0.05, 0) is 19.0 Å². The van der Waals surface area contributed by atoms with Crippen LogP contribution in [-0.2, 0) is 0 Å². The molecule has 1 aromatic rings. The van der Waals surface area contributed by atoms with Gasteiger partial charge in [0, 0.05) is 24.7 Å². The van der Waals surface area contributed by atoms with Gasteiger partial charge in [-0.1, -0.05) is 25.1 Å². The van der Waals surface area contributed by atoms with Gasteiger partial charge in [-0.2, -0.15) is 0 Å². The Hall–Kier alpha value is -0.970. The van der Waals surface area contributed by atoms with Crippen LogP contribution in [0.25, 0.3) is 0 Å². The highest BCUT2D eigenvalue weighted by Crippen LogP contribution is 2.22. The van der Waals surface area contributed by atoms with Crippen LogP contribution in [0.2, 0.25) is 0 Å². The zero-order chi connectivity index (χ0) is 12.7. The molecule has 0 radical (unpaired) electrons. The quantitative estimate of drug-likeness (QED) is 0.760. The van der Waals surface area contributed by atoms with E-state index >= 15 is 0 Å². The van der Waals surface area contributed by atoms with Gasteiger partial charge >= 0.3 is 0 Å². The van der Waals surface area contributed by atoms with Gasteiger partial charge in [0.2, 0.25) is 0 Å². The molecule has 3 N–H and O–H groups in total. The number of halogens is 1. The van der Waals surface area contributed by atoms with Crippen molar-refractivity contribution >= 4 is 0 Å². The van der Waals surface area contributed by atoms with Gasteiger partial charge in [0.15, 0.2) is 0 Å². The standard InChI is InChI=1S/C13H21FN2O/c1-2-7-16(8-9-17)13(10-15)11-5-3-4-6-12(11)14/h3-6,13,17H,2,7-10,15H2,1H3. The van der Waals surface area contributed by atoms with E-state index in [9.17, 15) is 4.39 Å². The first kappa shape index (κ1) is 14.1. The van der Waals surface area contributed by atoms with E-state index in [1.807, 2.05) is 11.0 Å². The molecule has 0 saturated heterocycles. The van der Waals surface area contributed by atoms with E-state index in [0.29, 0.717) is 18.7 Å². The Kier molecular flexibility index (Phi) is 6.11. The highest BCUT2D eigenvalue weighted by atomic mass is 19.1. The van der Waals surface area contributed by atoms with Crippen LogP contribution in [0, 0.1) is 5.82 Å². The highest BCUT2D eigenvalue weighted by Gasteiger charge is 2.20. The van der Waals surface area contributed by atoms with Crippen molar-refractivity contribution in [2.45, 2.75) is 19.4 Å². The fraction of sp³-hybridized carbons (Fsp3) is 0.538. The smallest absolute Gasteiger partial charge is 0.128 e. The lowest BCUT2D eigenvalue weighted by molar-refractivity contribution is 0.151. The molecule has 0 aliphatic heterocycles. The fourth-order valence-electron chi connectivity index (χ4n) is 2.06. The molecule has 0 aromatic heterocycles. The maximum Gasteiger partial charge on any atom is 0.128 e. The van der Waals surface area contributed by atoms with Crippen molar-refractivity contribution < 1.29 is 9.50 Å². The second-order valence-electron chi connectivity index (χ2n) is 4.03. The number of nitrogens with two attached hydrogens (primary N) is 1. The third-order valence-electron chi connectivity index (χ3n) is 2.83. The molecule has 0 fully saturated rings. The molecule has 0 spiro atoms. The number of benzene rings is 1. The molecule has 0 bridgehead atoms. The molecule has 3 nitrogen and oxygen atoms in total. The largest absolute Gasteiger partial charge is 0.395 e. The SMILES string of the molecule is CCCN(CCO)C(CN)c1ccccc1F. The average Bonchev–Trinajstić information content (AvgIpc) is 2.33. The second-order valence-corrected chi connectivity index (χ2v) is 4.03. The summed E-state index contributed by atoms with van der Waals surface area (Å²) in [4.78, 5) is 2.03. The normalized spacial score (nSPS) is 13.0. The maximum absolute atomic E-state index is 13.7. The number of hydrogen-bond acceptors (Lipinski definition) is 3. The monoisotopic (exact) mass is 240 g/mol. The third-order valence-corrected chi connectivity index (χ3v) is 2.83. The maximum atomic E-state index is 13.7. The fourth-order valence-corrected chi connectivity index (χ4v) is 2.06. The summed E-state index contributed by atoms with van der Waals surface area (Å²) in [6, 6.07) is 6.52. The summed E-state index contributed by atoms with van der Waals surface area (Å²) >= 11 is 0. The Morgan fingerprint density at radius 2 is 2.06 bits per heavy atom. The predicted molar refractivity (Wildman–Crippen MR) is 67.1 cm³/mol. The van der Waals surface area contributed by atoms with Crippen LogP contribution in [0.5, 0.6) is 0 Å². The van der Waals surface area contributed by atoms with E-state index < -0.39 is 0 Å². The Bertz CT molecular complexity index is 327. The van der Waals surface area contributed by atoms with E-state index in [1.165, 1.54) is 6.07 Å². The zero-order valence-electron chi connectivity index (χ0n) is 10.3. The Labute approximate surface area is 102 Å². The highest BCUT2D eigenvalue weighted by molar-refractivity contribution is 5.21. The van der Waals surface area contributed by atoms with Crippen LogP contribution in [0.4, 0.5) is 4.39 Å². The van der Waals surface area contributed by atoms with Gasteiger partial charge in [0.05, 0.1) is 6.61 Å². The zero-order valence-corrected chi connectivity index (χ0v) is 10.3. The van der Waals surface area contributed by atoms with Gasteiger partial charge < -0.3 is 10.8 Å². The van der Waals surface area contributed by atoms with Crippen molar-refractivity contribution in [3.05, 3.63) is 35.6 Å². The molecule has 0 heterocycles. The second kappa shape index (κ2) is 7.37. The van der Waals surface area contributed by atoms with Crippen molar-refractivity contribution in [3.8, 4) is 0 Å². The summed E-state index contributed by atoms with van der Waals surface area (Å²) in [6.07, 6.45) is 0.949. The minimum absolute atomic E-state index is 0.0605. The number of nitrogens with zero attached hydrogens (tertiary/aromatic N) is 1. The van der Waals surface area contributed by atoms with Gasteiger partial charge in [-0.3, -0.25) is 4.90 Å². The Morgan fingerprint density at radius 3 is 2.59 bits per heavy atom. The molecule has 1 unspecified atom stereocenters. The van der Waals surface area contributed by atoms with Crippen molar-refractivity contribution in [2.75, 3.05) is 26.2 Å². The Balaban J connectivity index is 2.91. The summed E-state index contributed by atoms with van der Waals surface area (Å²) in [5.74, 6) is -0.234. The molecule has 0 aliphatic carbocycles. The topological polar surface area (TPSA) is 49.5 Å². The first-order valence-corrected chi connectivity index (χ1v) is 6.04. The van der Waals surface area contributed by atoms with Crippen LogP contribution in [0.15, 0.2) is 24.3 Å². The van der Waals surface area contributed by atoms with E-state index in [4.69, 9.17) is 10.8 Å². The minimum Gasteiger partial charge on any atom is -0.395 e. The van der Waals surface area contributed by atoms with Gasteiger partial charge in [0.1, 0.15) is 5.82 Å². The lowest BCUT2D eigenvalue weighted by Crippen LogP contribution is -2.36.